The predicted octanol–water partition coefficient (Wildman–Crippen LogP) is 1.87. The molecule has 0 atom stereocenters. The standard InChI is InChI=1S/C8H7NOS.Y/c11-5-7-6-3-1-2-4-8(6)10-9-7;/h1-4,11H,5H2;/p-1. The molecule has 1 aromatic heterocycles. The van der Waals surface area contributed by atoms with Gasteiger partial charge in [0.1, 0.15) is 0 Å². The monoisotopic (exact) mass is 253 g/mol. The zero-order chi connectivity index (χ0) is 7.68. The minimum absolute atomic E-state index is 0. The first-order valence-corrected chi connectivity index (χ1v) is 3.91. The molecule has 0 aliphatic carbocycles. The normalized spacial score (nSPS) is 9.75. The summed E-state index contributed by atoms with van der Waals surface area (Å²) in [4.78, 5) is 0. The Morgan fingerprint density at radius 2 is 2.08 bits per heavy atom. The zero-order valence-corrected chi connectivity index (χ0v) is 10.0. The largest absolute Gasteiger partial charge is 0.786 e. The molecule has 0 unspecified atom stereocenters. The summed E-state index contributed by atoms with van der Waals surface area (Å²) in [6.07, 6.45) is 0. The zero-order valence-electron chi connectivity index (χ0n) is 6.36. The van der Waals surface area contributed by atoms with Crippen LogP contribution in [0.15, 0.2) is 28.8 Å². The van der Waals surface area contributed by atoms with E-state index in [4.69, 9.17) is 17.2 Å². The van der Waals surface area contributed by atoms with Gasteiger partial charge in [0.05, 0.1) is 5.69 Å². The van der Waals surface area contributed by atoms with E-state index in [0.29, 0.717) is 5.75 Å². The quantitative estimate of drug-likeness (QED) is 0.726. The van der Waals surface area contributed by atoms with Gasteiger partial charge in [0.2, 0.25) is 0 Å². The van der Waals surface area contributed by atoms with Gasteiger partial charge in [-0.3, -0.25) is 0 Å². The maximum Gasteiger partial charge on any atom is 0.167 e. The van der Waals surface area contributed by atoms with E-state index in [1.807, 2.05) is 24.3 Å². The van der Waals surface area contributed by atoms with E-state index in [1.54, 1.807) is 0 Å². The Kier molecular flexibility index (Phi) is 3.75. The Morgan fingerprint density at radius 3 is 2.83 bits per heavy atom. The SMILES string of the molecule is [S-]Cc1noc2ccccc12.[Y]. The maximum absolute atomic E-state index is 5.02. The van der Waals surface area contributed by atoms with Crippen LogP contribution in [0.3, 0.4) is 0 Å². The van der Waals surface area contributed by atoms with Gasteiger partial charge in [-0.1, -0.05) is 17.3 Å². The maximum atomic E-state index is 5.02. The number of para-hydroxylation sites is 1. The van der Waals surface area contributed by atoms with Gasteiger partial charge in [0.15, 0.2) is 5.58 Å². The molecule has 59 valence electrons. The predicted molar refractivity (Wildman–Crippen MR) is 45.1 cm³/mol. The number of rotatable bonds is 1. The molecule has 0 amide bonds. The first kappa shape index (κ1) is 10.2. The number of nitrogens with zero attached hydrogens (tertiary/aromatic N) is 1. The van der Waals surface area contributed by atoms with E-state index in [-0.39, 0.29) is 32.7 Å². The number of hydrogen-bond acceptors (Lipinski definition) is 3. The van der Waals surface area contributed by atoms with Crippen molar-refractivity contribution in [1.82, 2.24) is 5.16 Å². The van der Waals surface area contributed by atoms with E-state index < -0.39 is 0 Å². The van der Waals surface area contributed by atoms with Crippen molar-refractivity contribution >= 4 is 23.6 Å². The molecule has 12 heavy (non-hydrogen) atoms. The van der Waals surface area contributed by atoms with Gasteiger partial charge in [-0.25, -0.2) is 0 Å². The van der Waals surface area contributed by atoms with Crippen LogP contribution >= 0.6 is 0 Å². The van der Waals surface area contributed by atoms with E-state index in [0.717, 1.165) is 16.7 Å². The molecule has 0 spiro atoms. The van der Waals surface area contributed by atoms with Gasteiger partial charge in [-0.05, 0) is 12.1 Å². The van der Waals surface area contributed by atoms with Gasteiger partial charge in [-0.15, -0.1) is 5.75 Å². The van der Waals surface area contributed by atoms with Crippen molar-refractivity contribution in [2.24, 2.45) is 0 Å². The molecule has 4 heteroatoms. The molecule has 2 aromatic rings. The molecule has 2 nitrogen and oxygen atoms in total. The summed E-state index contributed by atoms with van der Waals surface area (Å²) in [5.41, 5.74) is 1.67. The van der Waals surface area contributed by atoms with Crippen LogP contribution < -0.4 is 0 Å². The van der Waals surface area contributed by atoms with Crippen molar-refractivity contribution in [3.05, 3.63) is 30.0 Å². The fraction of sp³-hybridized carbons (Fsp3) is 0.125. The molecule has 1 aromatic carbocycles. The number of hydrogen-bond donors (Lipinski definition) is 0. The second-order valence-electron chi connectivity index (χ2n) is 2.27. The van der Waals surface area contributed by atoms with Crippen LogP contribution in [0.4, 0.5) is 0 Å². The van der Waals surface area contributed by atoms with Crippen LogP contribution in [0.5, 0.6) is 0 Å². The van der Waals surface area contributed by atoms with Gasteiger partial charge in [0, 0.05) is 38.1 Å². The molecule has 0 aliphatic heterocycles. The molecule has 0 saturated carbocycles. The van der Waals surface area contributed by atoms with Gasteiger partial charge in [-0.2, -0.15) is 0 Å². The van der Waals surface area contributed by atoms with Crippen molar-refractivity contribution in [2.75, 3.05) is 0 Å². The third kappa shape index (κ3) is 1.73. The van der Waals surface area contributed by atoms with Crippen LogP contribution in [0.25, 0.3) is 11.0 Å². The van der Waals surface area contributed by atoms with Crippen LogP contribution in [-0.2, 0) is 51.1 Å². The van der Waals surface area contributed by atoms with E-state index in [9.17, 15) is 0 Å². The Bertz CT molecular complexity index is 374. The minimum Gasteiger partial charge on any atom is -0.786 e. The van der Waals surface area contributed by atoms with E-state index >= 15 is 0 Å². The van der Waals surface area contributed by atoms with Crippen molar-refractivity contribution < 1.29 is 37.2 Å². The number of fused-ring (bicyclic) bond motifs is 1. The molecule has 2 rings (SSSR count). The van der Waals surface area contributed by atoms with Crippen molar-refractivity contribution in [1.29, 1.82) is 0 Å². The Balaban J connectivity index is 0.000000720. The molecular weight excluding hydrogens is 247 g/mol. The fourth-order valence-corrected chi connectivity index (χ4v) is 1.25. The van der Waals surface area contributed by atoms with Crippen molar-refractivity contribution in [2.45, 2.75) is 5.75 Å². The summed E-state index contributed by atoms with van der Waals surface area (Å²) >= 11 is 4.88. The van der Waals surface area contributed by atoms with E-state index in [2.05, 4.69) is 5.16 Å². The smallest absolute Gasteiger partial charge is 0.167 e. The molecule has 0 fully saturated rings. The number of benzene rings is 1. The average Bonchev–Trinajstić information content (AvgIpc) is 2.47. The van der Waals surface area contributed by atoms with Crippen LogP contribution in [-0.4, -0.2) is 5.16 Å². The molecular formula is C8H6NOSY-. The van der Waals surface area contributed by atoms with Gasteiger partial charge < -0.3 is 17.2 Å². The second-order valence-corrected chi connectivity index (χ2v) is 2.56. The fourth-order valence-electron chi connectivity index (χ4n) is 1.04. The summed E-state index contributed by atoms with van der Waals surface area (Å²) in [5.74, 6) is 0.511. The molecule has 1 heterocycles. The molecule has 0 aliphatic rings. The van der Waals surface area contributed by atoms with Crippen LogP contribution in [0, 0.1) is 0 Å². The van der Waals surface area contributed by atoms with Crippen molar-refractivity contribution in [3.63, 3.8) is 0 Å². The molecule has 0 bridgehead atoms. The van der Waals surface area contributed by atoms with Crippen LogP contribution in [0.2, 0.25) is 0 Å². The molecule has 0 saturated heterocycles. The summed E-state index contributed by atoms with van der Waals surface area (Å²) in [6, 6.07) is 7.72. The first-order valence-electron chi connectivity index (χ1n) is 3.33. The first-order chi connectivity index (χ1) is 5.42. The molecule has 1 radical (unpaired) electrons. The van der Waals surface area contributed by atoms with Crippen molar-refractivity contribution in [3.8, 4) is 0 Å². The average molecular weight is 253 g/mol. The Morgan fingerprint density at radius 1 is 1.33 bits per heavy atom. The number of aromatic nitrogens is 1. The minimum atomic E-state index is 0. The summed E-state index contributed by atoms with van der Waals surface area (Å²) in [7, 11) is 0. The summed E-state index contributed by atoms with van der Waals surface area (Å²) < 4.78 is 5.02. The second kappa shape index (κ2) is 4.40. The van der Waals surface area contributed by atoms with E-state index in [1.165, 1.54) is 0 Å². The Labute approximate surface area is 101 Å². The Hall–Kier alpha value is 0.144. The topological polar surface area (TPSA) is 26.0 Å². The van der Waals surface area contributed by atoms with Gasteiger partial charge in [0.25, 0.3) is 0 Å². The van der Waals surface area contributed by atoms with Crippen LogP contribution in [0.1, 0.15) is 5.69 Å². The summed E-state index contributed by atoms with van der Waals surface area (Å²) in [5, 5.41) is 4.86. The molecule has 0 N–H and O–H groups in total. The van der Waals surface area contributed by atoms with Gasteiger partial charge >= 0.3 is 0 Å². The third-order valence-electron chi connectivity index (χ3n) is 1.59. The third-order valence-corrected chi connectivity index (χ3v) is 1.86. The summed E-state index contributed by atoms with van der Waals surface area (Å²) in [6.45, 7) is 0.